The zero-order chi connectivity index (χ0) is 22.4. The van der Waals surface area contributed by atoms with E-state index >= 15 is 0 Å². The first-order valence-electron chi connectivity index (χ1n) is 9.96. The molecule has 1 aliphatic rings. The van der Waals surface area contributed by atoms with Crippen molar-refractivity contribution < 1.29 is 18.7 Å². The molecule has 1 heterocycles. The largest absolute Gasteiger partial charge is 0.488 e. The standard InChI is InChI=1S/C23H24FN3O3S/c1-4-27(5-2)19-11-8-17(12-21-22(29)26-23(31-21)25-15(3)28)20(13-19)30-14-16-6-9-18(24)10-7-16/h6-13H,4-5,14H2,1-3H3,(H,25,26,28,29)/b21-12-. The van der Waals surface area contributed by atoms with E-state index in [4.69, 9.17) is 4.74 Å². The number of nitrogens with one attached hydrogen (secondary N) is 1. The molecular formula is C23H24FN3O3S. The maximum Gasteiger partial charge on any atom is 0.286 e. The van der Waals surface area contributed by atoms with Gasteiger partial charge in [-0.15, -0.1) is 0 Å². The van der Waals surface area contributed by atoms with Gasteiger partial charge in [-0.05, 0) is 61.5 Å². The molecule has 0 spiro atoms. The molecule has 8 heteroatoms. The molecule has 0 saturated carbocycles. The molecule has 0 aromatic heterocycles. The summed E-state index contributed by atoms with van der Waals surface area (Å²) in [5.74, 6) is -0.398. The third kappa shape index (κ3) is 5.95. The summed E-state index contributed by atoms with van der Waals surface area (Å²) < 4.78 is 19.2. The van der Waals surface area contributed by atoms with E-state index in [0.29, 0.717) is 16.2 Å². The van der Waals surface area contributed by atoms with Crippen LogP contribution in [0.1, 0.15) is 31.9 Å². The van der Waals surface area contributed by atoms with Crippen molar-refractivity contribution in [2.75, 3.05) is 18.0 Å². The molecule has 0 fully saturated rings. The number of carbonyl (C=O) groups is 2. The van der Waals surface area contributed by atoms with Gasteiger partial charge < -0.3 is 15.0 Å². The summed E-state index contributed by atoms with van der Waals surface area (Å²) in [6, 6.07) is 11.9. The molecule has 0 bridgehead atoms. The second-order valence-corrected chi connectivity index (χ2v) is 7.85. The number of ether oxygens (including phenoxy) is 1. The number of hydrogen-bond donors (Lipinski definition) is 1. The summed E-state index contributed by atoms with van der Waals surface area (Å²) in [4.78, 5) is 29.9. The first kappa shape index (κ1) is 22.6. The number of halogens is 1. The highest BCUT2D eigenvalue weighted by molar-refractivity contribution is 8.18. The van der Waals surface area contributed by atoms with Crippen molar-refractivity contribution in [2.24, 2.45) is 4.99 Å². The van der Waals surface area contributed by atoms with E-state index in [0.717, 1.165) is 36.1 Å². The van der Waals surface area contributed by atoms with Crippen molar-refractivity contribution in [2.45, 2.75) is 27.4 Å². The van der Waals surface area contributed by atoms with Crippen LogP contribution in [0.3, 0.4) is 0 Å². The maximum absolute atomic E-state index is 13.2. The number of aliphatic imine (C=N–C) groups is 1. The van der Waals surface area contributed by atoms with Gasteiger partial charge in [0.1, 0.15) is 18.2 Å². The zero-order valence-corrected chi connectivity index (χ0v) is 18.5. The summed E-state index contributed by atoms with van der Waals surface area (Å²) in [5.41, 5.74) is 2.55. The quantitative estimate of drug-likeness (QED) is 0.647. The lowest BCUT2D eigenvalue weighted by atomic mass is 10.1. The second kappa shape index (κ2) is 10.3. The average molecular weight is 442 g/mol. The first-order valence-corrected chi connectivity index (χ1v) is 10.8. The van der Waals surface area contributed by atoms with Crippen LogP contribution < -0.4 is 15.0 Å². The Hall–Kier alpha value is -3.13. The van der Waals surface area contributed by atoms with Crippen LogP contribution in [-0.4, -0.2) is 30.1 Å². The van der Waals surface area contributed by atoms with Crippen LogP contribution in [0, 0.1) is 5.82 Å². The van der Waals surface area contributed by atoms with Crippen molar-refractivity contribution >= 4 is 40.5 Å². The van der Waals surface area contributed by atoms with Crippen molar-refractivity contribution in [3.8, 4) is 5.75 Å². The van der Waals surface area contributed by atoms with E-state index in [9.17, 15) is 14.0 Å². The lowest BCUT2D eigenvalue weighted by molar-refractivity contribution is -0.117. The highest BCUT2D eigenvalue weighted by Gasteiger charge is 2.23. The van der Waals surface area contributed by atoms with Gasteiger partial charge in [-0.1, -0.05) is 12.1 Å². The molecule has 6 nitrogen and oxygen atoms in total. The Kier molecular flexibility index (Phi) is 7.46. The fraction of sp³-hybridized carbons (Fsp3) is 0.261. The lowest BCUT2D eigenvalue weighted by Crippen LogP contribution is -2.23. The highest BCUT2D eigenvalue weighted by atomic mass is 32.2. The SMILES string of the molecule is CCN(CC)c1ccc(/C=C2\SC(NC(C)=O)=NC2=O)c(OCc2ccc(F)cc2)c1. The molecule has 0 aliphatic carbocycles. The van der Waals surface area contributed by atoms with E-state index in [1.807, 2.05) is 18.2 Å². The number of benzene rings is 2. The van der Waals surface area contributed by atoms with Gasteiger partial charge in [0.2, 0.25) is 5.91 Å². The van der Waals surface area contributed by atoms with Crippen LogP contribution in [0.5, 0.6) is 5.75 Å². The predicted molar refractivity (Wildman–Crippen MR) is 123 cm³/mol. The number of nitrogens with zero attached hydrogens (tertiary/aromatic N) is 2. The fourth-order valence-corrected chi connectivity index (χ4v) is 3.90. The van der Waals surface area contributed by atoms with Gasteiger partial charge in [-0.2, -0.15) is 4.99 Å². The maximum atomic E-state index is 13.2. The Morgan fingerprint density at radius 2 is 1.90 bits per heavy atom. The molecule has 1 N–H and O–H groups in total. The summed E-state index contributed by atoms with van der Waals surface area (Å²) in [6.45, 7) is 7.46. The van der Waals surface area contributed by atoms with Crippen molar-refractivity contribution in [1.82, 2.24) is 5.32 Å². The van der Waals surface area contributed by atoms with Gasteiger partial charge in [0.25, 0.3) is 5.91 Å². The van der Waals surface area contributed by atoms with Crippen LogP contribution in [0.25, 0.3) is 6.08 Å². The second-order valence-electron chi connectivity index (χ2n) is 6.82. The third-order valence-corrected chi connectivity index (χ3v) is 5.52. The molecule has 0 saturated heterocycles. The summed E-state index contributed by atoms with van der Waals surface area (Å²) in [5, 5.41) is 2.80. The molecule has 0 atom stereocenters. The molecule has 31 heavy (non-hydrogen) atoms. The number of hydrogen-bond acceptors (Lipinski definition) is 5. The highest BCUT2D eigenvalue weighted by Crippen LogP contribution is 2.33. The minimum atomic E-state index is -0.411. The number of rotatable bonds is 7. The van der Waals surface area contributed by atoms with Crippen LogP contribution in [-0.2, 0) is 16.2 Å². The zero-order valence-electron chi connectivity index (χ0n) is 17.6. The van der Waals surface area contributed by atoms with Crippen LogP contribution >= 0.6 is 11.8 Å². The minimum absolute atomic E-state index is 0.257. The smallest absolute Gasteiger partial charge is 0.286 e. The Balaban J connectivity index is 1.88. The van der Waals surface area contributed by atoms with Gasteiger partial charge in [0.05, 0.1) is 4.91 Å². The predicted octanol–water partition coefficient (Wildman–Crippen LogP) is 4.36. The van der Waals surface area contributed by atoms with Crippen LogP contribution in [0.2, 0.25) is 0 Å². The first-order chi connectivity index (χ1) is 14.9. The van der Waals surface area contributed by atoms with E-state index < -0.39 is 5.91 Å². The Morgan fingerprint density at radius 1 is 1.19 bits per heavy atom. The number of thioether (sulfide) groups is 1. The monoisotopic (exact) mass is 441 g/mol. The van der Waals surface area contributed by atoms with Gasteiger partial charge in [-0.3, -0.25) is 9.59 Å². The molecule has 2 amide bonds. The average Bonchev–Trinajstić information content (AvgIpc) is 3.07. The molecule has 0 unspecified atom stereocenters. The number of anilines is 1. The lowest BCUT2D eigenvalue weighted by Gasteiger charge is -2.22. The Bertz CT molecular complexity index is 1030. The topological polar surface area (TPSA) is 71.0 Å². The molecule has 0 radical (unpaired) electrons. The Morgan fingerprint density at radius 3 is 2.55 bits per heavy atom. The summed E-state index contributed by atoms with van der Waals surface area (Å²) >= 11 is 1.11. The fourth-order valence-electron chi connectivity index (χ4n) is 3.05. The van der Waals surface area contributed by atoms with E-state index in [-0.39, 0.29) is 23.5 Å². The van der Waals surface area contributed by atoms with Gasteiger partial charge >= 0.3 is 0 Å². The third-order valence-electron chi connectivity index (χ3n) is 4.62. The summed E-state index contributed by atoms with van der Waals surface area (Å²) in [7, 11) is 0. The van der Waals surface area contributed by atoms with Crippen molar-refractivity contribution in [1.29, 1.82) is 0 Å². The van der Waals surface area contributed by atoms with Gasteiger partial charge in [-0.25, -0.2) is 4.39 Å². The van der Waals surface area contributed by atoms with Crippen molar-refractivity contribution in [3.63, 3.8) is 0 Å². The summed E-state index contributed by atoms with van der Waals surface area (Å²) in [6.07, 6.45) is 1.71. The van der Waals surface area contributed by atoms with E-state index in [2.05, 4.69) is 29.1 Å². The van der Waals surface area contributed by atoms with Crippen LogP contribution in [0.15, 0.2) is 52.4 Å². The van der Waals surface area contributed by atoms with E-state index in [1.54, 1.807) is 18.2 Å². The normalized spacial score (nSPS) is 14.5. The van der Waals surface area contributed by atoms with Gasteiger partial charge in [0, 0.05) is 37.3 Å². The molecule has 162 valence electrons. The molecule has 2 aromatic carbocycles. The molecule has 2 aromatic rings. The molecule has 3 rings (SSSR count). The number of amidine groups is 1. The van der Waals surface area contributed by atoms with Gasteiger partial charge in [0.15, 0.2) is 5.17 Å². The Labute approximate surface area is 185 Å². The number of amides is 2. The van der Waals surface area contributed by atoms with E-state index in [1.165, 1.54) is 19.1 Å². The van der Waals surface area contributed by atoms with Crippen LogP contribution in [0.4, 0.5) is 10.1 Å². The molecule has 1 aliphatic heterocycles. The number of carbonyl (C=O) groups excluding carboxylic acids is 2. The molecular weight excluding hydrogens is 417 g/mol. The van der Waals surface area contributed by atoms with Crippen molar-refractivity contribution in [3.05, 3.63) is 64.3 Å². The minimum Gasteiger partial charge on any atom is -0.488 e.